The average molecular weight is 295 g/mol. The summed E-state index contributed by atoms with van der Waals surface area (Å²) in [6.07, 6.45) is 3.16. The van der Waals surface area contributed by atoms with Gasteiger partial charge in [-0.3, -0.25) is 0 Å². The van der Waals surface area contributed by atoms with Crippen LogP contribution in [0, 0.1) is 23.1 Å². The van der Waals surface area contributed by atoms with Crippen molar-refractivity contribution in [3.63, 3.8) is 0 Å². The molecule has 22 heavy (non-hydrogen) atoms. The van der Waals surface area contributed by atoms with Crippen LogP contribution in [0.4, 0.5) is 4.39 Å². The van der Waals surface area contributed by atoms with Crippen molar-refractivity contribution in [3.8, 4) is 11.8 Å². The maximum absolute atomic E-state index is 13.3. The third-order valence-electron chi connectivity index (χ3n) is 4.84. The van der Waals surface area contributed by atoms with Crippen LogP contribution >= 0.6 is 0 Å². The zero-order chi connectivity index (χ0) is 15.6. The molecule has 0 spiro atoms. The molecule has 1 N–H and O–H groups in total. The van der Waals surface area contributed by atoms with Crippen molar-refractivity contribution >= 4 is 0 Å². The molecule has 112 valence electrons. The van der Waals surface area contributed by atoms with Crippen molar-refractivity contribution in [2.75, 3.05) is 0 Å². The number of para-hydroxylation sites is 1. The predicted octanol–water partition coefficient (Wildman–Crippen LogP) is 4.53. The Morgan fingerprint density at radius 3 is 2.27 bits per heavy atom. The van der Waals surface area contributed by atoms with Crippen molar-refractivity contribution in [2.24, 2.45) is 5.92 Å². The molecule has 0 amide bonds. The van der Waals surface area contributed by atoms with E-state index in [4.69, 9.17) is 5.26 Å². The molecule has 3 heteroatoms. The Kier molecular flexibility index (Phi) is 3.85. The van der Waals surface area contributed by atoms with Crippen LogP contribution in [-0.2, 0) is 5.41 Å². The smallest absolute Gasteiger partial charge is 0.123 e. The minimum absolute atomic E-state index is 0.0689. The van der Waals surface area contributed by atoms with E-state index in [9.17, 15) is 9.50 Å². The number of rotatable bonds is 2. The number of phenolic OH excluding ortho intramolecular Hbond substituents is 1. The first-order valence-corrected chi connectivity index (χ1v) is 7.60. The Hall–Kier alpha value is -2.34. The van der Waals surface area contributed by atoms with Gasteiger partial charge in [-0.05, 0) is 49.4 Å². The summed E-state index contributed by atoms with van der Waals surface area (Å²) in [7, 11) is 0. The van der Waals surface area contributed by atoms with E-state index in [-0.39, 0.29) is 22.9 Å². The third kappa shape index (κ3) is 2.46. The van der Waals surface area contributed by atoms with E-state index in [2.05, 4.69) is 6.07 Å². The first-order chi connectivity index (χ1) is 10.7. The van der Waals surface area contributed by atoms with Crippen LogP contribution in [0.5, 0.6) is 5.75 Å². The number of hydrogen-bond donors (Lipinski definition) is 1. The van der Waals surface area contributed by atoms with Crippen molar-refractivity contribution in [3.05, 3.63) is 65.5 Å². The van der Waals surface area contributed by atoms with Crippen molar-refractivity contribution < 1.29 is 9.50 Å². The quantitative estimate of drug-likeness (QED) is 0.884. The fourth-order valence-corrected chi connectivity index (χ4v) is 3.60. The summed E-state index contributed by atoms with van der Waals surface area (Å²) in [4.78, 5) is 0. The highest BCUT2D eigenvalue weighted by atomic mass is 19.1. The molecule has 1 aliphatic rings. The van der Waals surface area contributed by atoms with Gasteiger partial charge in [-0.25, -0.2) is 4.39 Å². The molecule has 0 aromatic heterocycles. The van der Waals surface area contributed by atoms with E-state index in [0.29, 0.717) is 0 Å². The van der Waals surface area contributed by atoms with Gasteiger partial charge in [-0.1, -0.05) is 30.3 Å². The van der Waals surface area contributed by atoms with Gasteiger partial charge in [0.05, 0.1) is 6.07 Å². The zero-order valence-electron chi connectivity index (χ0n) is 12.3. The number of nitrogens with zero attached hydrogens (tertiary/aromatic N) is 1. The Bertz CT molecular complexity index is 694. The lowest BCUT2D eigenvalue weighted by Gasteiger charge is -2.40. The molecule has 0 radical (unpaired) electrons. The lowest BCUT2D eigenvalue weighted by molar-refractivity contribution is 0.295. The molecule has 0 saturated heterocycles. The van der Waals surface area contributed by atoms with E-state index in [0.717, 1.165) is 36.8 Å². The van der Waals surface area contributed by atoms with Gasteiger partial charge in [0, 0.05) is 16.9 Å². The van der Waals surface area contributed by atoms with Crippen molar-refractivity contribution in [2.45, 2.75) is 31.1 Å². The summed E-state index contributed by atoms with van der Waals surface area (Å²) in [6, 6.07) is 16.2. The number of halogens is 1. The number of benzene rings is 2. The second kappa shape index (κ2) is 5.81. The molecule has 0 unspecified atom stereocenters. The standard InChI is InChI=1S/C19H18FNO/c20-16-7-5-15(6-8-16)19(11-9-14(13-21)10-12-19)17-3-1-2-4-18(17)22/h1-8,14,22H,9-12H2. The molecule has 1 saturated carbocycles. The number of aromatic hydroxyl groups is 1. The number of phenols is 1. The highest BCUT2D eigenvalue weighted by molar-refractivity contribution is 5.47. The van der Waals surface area contributed by atoms with E-state index in [1.54, 1.807) is 24.3 Å². The normalized spacial score (nSPS) is 24.6. The van der Waals surface area contributed by atoms with Gasteiger partial charge >= 0.3 is 0 Å². The molecule has 0 aliphatic heterocycles. The van der Waals surface area contributed by atoms with Crippen LogP contribution in [0.15, 0.2) is 48.5 Å². The minimum atomic E-state index is -0.341. The first-order valence-electron chi connectivity index (χ1n) is 7.60. The molecule has 0 bridgehead atoms. The van der Waals surface area contributed by atoms with Crippen LogP contribution in [-0.4, -0.2) is 5.11 Å². The van der Waals surface area contributed by atoms with Gasteiger partial charge in [0.25, 0.3) is 0 Å². The lowest BCUT2D eigenvalue weighted by Crippen LogP contribution is -2.33. The lowest BCUT2D eigenvalue weighted by atomic mass is 9.63. The van der Waals surface area contributed by atoms with Gasteiger partial charge in [0.2, 0.25) is 0 Å². The van der Waals surface area contributed by atoms with Gasteiger partial charge in [0.15, 0.2) is 0 Å². The molecular weight excluding hydrogens is 277 g/mol. The van der Waals surface area contributed by atoms with Gasteiger partial charge < -0.3 is 5.11 Å². The summed E-state index contributed by atoms with van der Waals surface area (Å²) >= 11 is 0. The first kappa shape index (κ1) is 14.6. The molecule has 3 rings (SSSR count). The maximum Gasteiger partial charge on any atom is 0.123 e. The summed E-state index contributed by atoms with van der Waals surface area (Å²) in [6.45, 7) is 0. The second-order valence-electron chi connectivity index (χ2n) is 6.01. The largest absolute Gasteiger partial charge is 0.508 e. The van der Waals surface area contributed by atoms with Gasteiger partial charge in [-0.15, -0.1) is 0 Å². The topological polar surface area (TPSA) is 44.0 Å². The van der Waals surface area contributed by atoms with E-state index in [1.807, 2.05) is 12.1 Å². The third-order valence-corrected chi connectivity index (χ3v) is 4.84. The SMILES string of the molecule is N#CC1CCC(c2ccc(F)cc2)(c2ccccc2O)CC1. The second-order valence-corrected chi connectivity index (χ2v) is 6.01. The number of hydrogen-bond acceptors (Lipinski definition) is 2. The fraction of sp³-hybridized carbons (Fsp3) is 0.316. The van der Waals surface area contributed by atoms with E-state index in [1.165, 1.54) is 12.1 Å². The zero-order valence-corrected chi connectivity index (χ0v) is 12.3. The monoisotopic (exact) mass is 295 g/mol. The Balaban J connectivity index is 2.09. The summed E-state index contributed by atoms with van der Waals surface area (Å²) in [5, 5.41) is 19.5. The van der Waals surface area contributed by atoms with Crippen LogP contribution in [0.1, 0.15) is 36.8 Å². The molecule has 0 heterocycles. The van der Waals surface area contributed by atoms with Crippen molar-refractivity contribution in [1.29, 1.82) is 5.26 Å². The van der Waals surface area contributed by atoms with Gasteiger partial charge in [0.1, 0.15) is 11.6 Å². The highest BCUT2D eigenvalue weighted by Gasteiger charge is 2.40. The average Bonchev–Trinajstić information content (AvgIpc) is 2.56. The minimum Gasteiger partial charge on any atom is -0.508 e. The van der Waals surface area contributed by atoms with Crippen molar-refractivity contribution in [1.82, 2.24) is 0 Å². The molecule has 1 aliphatic carbocycles. The molecule has 2 aromatic carbocycles. The Labute approximate surface area is 129 Å². The highest BCUT2D eigenvalue weighted by Crippen LogP contribution is 2.48. The Morgan fingerprint density at radius 2 is 1.68 bits per heavy atom. The molecule has 0 atom stereocenters. The maximum atomic E-state index is 13.3. The predicted molar refractivity (Wildman–Crippen MR) is 82.9 cm³/mol. The number of nitriles is 1. The molecule has 2 aromatic rings. The van der Waals surface area contributed by atoms with Crippen LogP contribution in [0.2, 0.25) is 0 Å². The van der Waals surface area contributed by atoms with Crippen LogP contribution < -0.4 is 0 Å². The van der Waals surface area contributed by atoms with Crippen LogP contribution in [0.25, 0.3) is 0 Å². The van der Waals surface area contributed by atoms with Gasteiger partial charge in [-0.2, -0.15) is 5.26 Å². The molecule has 2 nitrogen and oxygen atoms in total. The summed E-state index contributed by atoms with van der Waals surface area (Å²) < 4.78 is 13.3. The summed E-state index contributed by atoms with van der Waals surface area (Å²) in [5.74, 6) is 0.0727. The summed E-state index contributed by atoms with van der Waals surface area (Å²) in [5.41, 5.74) is 1.54. The molecular formula is C19H18FNO. The van der Waals surface area contributed by atoms with Crippen LogP contribution in [0.3, 0.4) is 0 Å². The Morgan fingerprint density at radius 1 is 1.05 bits per heavy atom. The van der Waals surface area contributed by atoms with E-state index < -0.39 is 0 Å². The fourth-order valence-electron chi connectivity index (χ4n) is 3.60. The van der Waals surface area contributed by atoms with E-state index >= 15 is 0 Å². The molecule has 1 fully saturated rings.